The van der Waals surface area contributed by atoms with Gasteiger partial charge in [0.2, 0.25) is 3.79 Å². The van der Waals surface area contributed by atoms with Gasteiger partial charge in [-0.3, -0.25) is 0 Å². The molecule has 0 heterocycles. The first-order valence-electron chi connectivity index (χ1n) is 3.34. The largest absolute Gasteiger partial charge is 0.389 e. The summed E-state index contributed by atoms with van der Waals surface area (Å²) in [4.78, 5) is 0. The van der Waals surface area contributed by atoms with E-state index in [9.17, 15) is 5.11 Å². The predicted molar refractivity (Wildman–Crippen MR) is 50.3 cm³/mol. The maximum Gasteiger partial charge on any atom is 0.216 e. The molecule has 1 nitrogen and oxygen atoms in total. The molecule has 1 N–H and O–H groups in total. The lowest BCUT2D eigenvalue weighted by Gasteiger charge is -2.17. The SMILES string of the molecule is C/C=C/CCC(O)C(Cl)(Cl)Cl. The Morgan fingerprint density at radius 1 is 1.45 bits per heavy atom. The Morgan fingerprint density at radius 2 is 2.00 bits per heavy atom. The summed E-state index contributed by atoms with van der Waals surface area (Å²) in [6.45, 7) is 1.90. The van der Waals surface area contributed by atoms with Gasteiger partial charge in [0.25, 0.3) is 0 Å². The summed E-state index contributed by atoms with van der Waals surface area (Å²) in [5.74, 6) is 0. The maximum absolute atomic E-state index is 9.18. The minimum atomic E-state index is -1.55. The van der Waals surface area contributed by atoms with Crippen LogP contribution in [0.15, 0.2) is 12.2 Å². The van der Waals surface area contributed by atoms with Crippen LogP contribution in [-0.4, -0.2) is 15.0 Å². The van der Waals surface area contributed by atoms with Gasteiger partial charge in [-0.1, -0.05) is 47.0 Å². The second-order valence-corrected chi connectivity index (χ2v) is 4.57. The average Bonchev–Trinajstić information content (AvgIpc) is 1.86. The van der Waals surface area contributed by atoms with Crippen molar-refractivity contribution in [3.63, 3.8) is 0 Å². The zero-order valence-corrected chi connectivity index (χ0v) is 8.50. The molecule has 4 heteroatoms. The van der Waals surface area contributed by atoms with Crippen LogP contribution < -0.4 is 0 Å². The van der Waals surface area contributed by atoms with E-state index in [1.165, 1.54) is 0 Å². The highest BCUT2D eigenvalue weighted by Gasteiger charge is 2.29. The first-order chi connectivity index (χ1) is 4.98. The van der Waals surface area contributed by atoms with Crippen LogP contribution in [0.1, 0.15) is 19.8 Å². The van der Waals surface area contributed by atoms with Crippen molar-refractivity contribution in [2.24, 2.45) is 0 Å². The molecule has 0 aliphatic rings. The Balaban J connectivity index is 3.61. The second-order valence-electron chi connectivity index (χ2n) is 2.20. The molecule has 0 spiro atoms. The summed E-state index contributed by atoms with van der Waals surface area (Å²) >= 11 is 16.3. The van der Waals surface area contributed by atoms with Gasteiger partial charge in [0.05, 0.1) is 0 Å². The fraction of sp³-hybridized carbons (Fsp3) is 0.714. The number of aliphatic hydroxyl groups excluding tert-OH is 1. The molecule has 1 unspecified atom stereocenters. The van der Waals surface area contributed by atoms with Crippen molar-refractivity contribution >= 4 is 34.8 Å². The monoisotopic (exact) mass is 216 g/mol. The quantitative estimate of drug-likeness (QED) is 0.569. The van der Waals surface area contributed by atoms with E-state index in [0.717, 1.165) is 6.42 Å². The molecule has 0 amide bonds. The van der Waals surface area contributed by atoms with E-state index >= 15 is 0 Å². The van der Waals surface area contributed by atoms with Crippen molar-refractivity contribution in [1.82, 2.24) is 0 Å². The Hall–Kier alpha value is 0.570. The normalized spacial score (nSPS) is 15.7. The Labute approximate surface area is 81.9 Å². The topological polar surface area (TPSA) is 20.2 Å². The van der Waals surface area contributed by atoms with E-state index in [1.54, 1.807) is 0 Å². The molecule has 0 aromatic rings. The molecule has 0 aromatic heterocycles. The van der Waals surface area contributed by atoms with Crippen LogP contribution in [0.4, 0.5) is 0 Å². The molecule has 0 aliphatic carbocycles. The van der Waals surface area contributed by atoms with Crippen molar-refractivity contribution < 1.29 is 5.11 Å². The second kappa shape index (κ2) is 5.26. The summed E-state index contributed by atoms with van der Waals surface area (Å²) in [6, 6.07) is 0. The molecular formula is C7H11Cl3O. The lowest BCUT2D eigenvalue weighted by Crippen LogP contribution is -2.24. The van der Waals surface area contributed by atoms with Crippen molar-refractivity contribution in [3.8, 4) is 0 Å². The van der Waals surface area contributed by atoms with Gasteiger partial charge < -0.3 is 5.11 Å². The predicted octanol–water partition coefficient (Wildman–Crippen LogP) is 3.07. The molecule has 0 aliphatic heterocycles. The minimum Gasteiger partial charge on any atom is -0.389 e. The van der Waals surface area contributed by atoms with Crippen molar-refractivity contribution in [2.75, 3.05) is 0 Å². The number of halogens is 3. The molecule has 66 valence electrons. The minimum absolute atomic E-state index is 0.473. The lowest BCUT2D eigenvalue weighted by atomic mass is 10.2. The van der Waals surface area contributed by atoms with E-state index in [4.69, 9.17) is 34.8 Å². The molecule has 0 aromatic carbocycles. The van der Waals surface area contributed by atoms with Gasteiger partial charge in [-0.05, 0) is 19.8 Å². The summed E-state index contributed by atoms with van der Waals surface area (Å²) in [6.07, 6.45) is 4.13. The zero-order valence-electron chi connectivity index (χ0n) is 6.23. The van der Waals surface area contributed by atoms with Crippen molar-refractivity contribution in [2.45, 2.75) is 29.7 Å². The van der Waals surface area contributed by atoms with Gasteiger partial charge in [-0.15, -0.1) is 0 Å². The van der Waals surface area contributed by atoms with E-state index in [1.807, 2.05) is 19.1 Å². The van der Waals surface area contributed by atoms with Crippen LogP contribution in [0, 0.1) is 0 Å². The third-order valence-electron chi connectivity index (χ3n) is 1.22. The van der Waals surface area contributed by atoms with Crippen LogP contribution in [0.5, 0.6) is 0 Å². The van der Waals surface area contributed by atoms with Gasteiger partial charge in [0.1, 0.15) is 6.10 Å². The maximum atomic E-state index is 9.18. The standard InChI is InChI=1S/C7H11Cl3O/c1-2-3-4-5-6(11)7(8,9)10/h2-3,6,11H,4-5H2,1H3/b3-2+. The number of hydrogen-bond acceptors (Lipinski definition) is 1. The highest BCUT2D eigenvalue weighted by molar-refractivity contribution is 6.68. The molecule has 0 bridgehead atoms. The lowest BCUT2D eigenvalue weighted by molar-refractivity contribution is 0.170. The fourth-order valence-corrected chi connectivity index (χ4v) is 0.912. The average molecular weight is 218 g/mol. The van der Waals surface area contributed by atoms with Crippen LogP contribution in [0.2, 0.25) is 0 Å². The van der Waals surface area contributed by atoms with Crippen LogP contribution in [0.25, 0.3) is 0 Å². The number of rotatable bonds is 3. The summed E-state index contributed by atoms with van der Waals surface area (Å²) in [5.41, 5.74) is 0. The first kappa shape index (κ1) is 11.6. The van der Waals surface area contributed by atoms with Crippen LogP contribution >= 0.6 is 34.8 Å². The van der Waals surface area contributed by atoms with E-state index < -0.39 is 9.90 Å². The van der Waals surface area contributed by atoms with Crippen molar-refractivity contribution in [3.05, 3.63) is 12.2 Å². The van der Waals surface area contributed by atoms with E-state index in [2.05, 4.69) is 0 Å². The Morgan fingerprint density at radius 3 is 2.36 bits per heavy atom. The Bertz CT molecular complexity index is 128. The number of hydrogen-bond donors (Lipinski definition) is 1. The van der Waals surface area contributed by atoms with Gasteiger partial charge >= 0.3 is 0 Å². The molecule has 0 saturated carbocycles. The number of allylic oxidation sites excluding steroid dienone is 2. The van der Waals surface area contributed by atoms with Gasteiger partial charge in [0, 0.05) is 0 Å². The molecule has 11 heavy (non-hydrogen) atoms. The third kappa shape index (κ3) is 5.80. The molecular weight excluding hydrogens is 206 g/mol. The van der Waals surface area contributed by atoms with Gasteiger partial charge in [-0.25, -0.2) is 0 Å². The zero-order chi connectivity index (χ0) is 8.91. The highest BCUT2D eigenvalue weighted by Crippen LogP contribution is 2.32. The van der Waals surface area contributed by atoms with Gasteiger partial charge in [0.15, 0.2) is 0 Å². The molecule has 1 atom stereocenters. The Kier molecular flexibility index (Phi) is 5.53. The number of aliphatic hydroxyl groups is 1. The number of alkyl halides is 3. The third-order valence-corrected chi connectivity index (χ3v) is 1.98. The smallest absolute Gasteiger partial charge is 0.216 e. The first-order valence-corrected chi connectivity index (χ1v) is 4.47. The highest BCUT2D eigenvalue weighted by atomic mass is 35.6. The summed E-state index contributed by atoms with van der Waals surface area (Å²) in [5, 5.41) is 9.18. The molecule has 0 radical (unpaired) electrons. The fourth-order valence-electron chi connectivity index (χ4n) is 0.584. The van der Waals surface area contributed by atoms with Crippen LogP contribution in [0.3, 0.4) is 0 Å². The van der Waals surface area contributed by atoms with Crippen LogP contribution in [-0.2, 0) is 0 Å². The molecule has 0 fully saturated rings. The molecule has 0 saturated heterocycles. The van der Waals surface area contributed by atoms with E-state index in [0.29, 0.717) is 6.42 Å². The van der Waals surface area contributed by atoms with E-state index in [-0.39, 0.29) is 0 Å². The van der Waals surface area contributed by atoms with Crippen molar-refractivity contribution in [1.29, 1.82) is 0 Å². The summed E-state index contributed by atoms with van der Waals surface area (Å²) in [7, 11) is 0. The van der Waals surface area contributed by atoms with Gasteiger partial charge in [-0.2, -0.15) is 0 Å². The summed E-state index contributed by atoms with van der Waals surface area (Å²) < 4.78 is -1.55. The molecule has 0 rings (SSSR count).